The second-order valence-corrected chi connectivity index (χ2v) is 9.28. The van der Waals surface area contributed by atoms with Crippen molar-refractivity contribution < 1.29 is 83.6 Å². The Labute approximate surface area is 197 Å². The predicted octanol–water partition coefficient (Wildman–Crippen LogP) is -6.19. The average molecular weight is 555 g/mol. The number of carboxylic acid groups (broad SMARTS) is 1. The molecule has 10 atom stereocenters. The molecule has 0 saturated carbocycles. The van der Waals surface area contributed by atoms with E-state index in [-0.39, 0.29) is 0 Å². The fraction of sp³-hybridized carbons (Fsp3) is 0.857. The molecule has 2 saturated heterocycles. The molecular weight excluding hydrogens is 534 g/mol. The average Bonchev–Trinajstić information content (AvgIpc) is 2.69. The molecule has 2 fully saturated rings. The van der Waals surface area contributed by atoms with Gasteiger partial charge in [0.1, 0.15) is 36.6 Å². The molecule has 2 rings (SSSR count). The molecule has 35 heavy (non-hydrogen) atoms. The normalized spacial score (nSPS) is 38.6. The first-order valence-electron chi connectivity index (χ1n) is 9.34. The molecule has 2 heterocycles. The monoisotopic (exact) mass is 555 g/mol. The van der Waals surface area contributed by atoms with E-state index in [0.717, 1.165) is 6.92 Å². The first-order valence-corrected chi connectivity index (χ1v) is 12.0. The molecule has 19 nitrogen and oxygen atoms in total. The third kappa shape index (κ3) is 7.69. The smallest absolute Gasteiger partial charge is 0.335 e. The van der Waals surface area contributed by atoms with Gasteiger partial charge >= 0.3 is 5.97 Å². The molecule has 0 aliphatic carbocycles. The Hall–Kier alpha value is -1.60. The second kappa shape index (κ2) is 11.2. The molecular formula is C14H21NO18S2-2. The molecule has 204 valence electrons. The Morgan fingerprint density at radius 1 is 0.943 bits per heavy atom. The molecule has 0 bridgehead atoms. The third-order valence-corrected chi connectivity index (χ3v) is 5.67. The molecule has 2 aliphatic rings. The van der Waals surface area contributed by atoms with Crippen molar-refractivity contribution in [2.45, 2.75) is 68.3 Å². The van der Waals surface area contributed by atoms with E-state index in [9.17, 15) is 61.1 Å². The summed E-state index contributed by atoms with van der Waals surface area (Å²) in [5, 5.41) is 51.0. The van der Waals surface area contributed by atoms with Crippen molar-refractivity contribution in [3.8, 4) is 0 Å². The number of carboxylic acids is 1. The van der Waals surface area contributed by atoms with Crippen LogP contribution in [0, 0.1) is 0 Å². The number of hydrogen-bond acceptors (Lipinski definition) is 17. The number of aliphatic carboxylic acids is 1. The molecule has 21 heteroatoms. The summed E-state index contributed by atoms with van der Waals surface area (Å²) in [6, 6.07) is -1.86. The van der Waals surface area contributed by atoms with E-state index in [1.165, 1.54) is 0 Å². The van der Waals surface area contributed by atoms with Crippen molar-refractivity contribution in [3.63, 3.8) is 0 Å². The van der Waals surface area contributed by atoms with Gasteiger partial charge in [-0.1, -0.05) is 0 Å². The van der Waals surface area contributed by atoms with Crippen LogP contribution in [0.1, 0.15) is 6.92 Å². The molecule has 0 aromatic heterocycles. The molecule has 0 radical (unpaired) electrons. The van der Waals surface area contributed by atoms with Crippen LogP contribution in [-0.2, 0) is 53.0 Å². The van der Waals surface area contributed by atoms with Gasteiger partial charge in [0.05, 0.1) is 6.61 Å². The lowest BCUT2D eigenvalue weighted by molar-refractivity contribution is -0.331. The number of carbonyl (C=O) groups is 2. The zero-order valence-electron chi connectivity index (χ0n) is 17.3. The topological polar surface area (TPSA) is 308 Å². The third-order valence-electron chi connectivity index (χ3n) is 4.75. The van der Waals surface area contributed by atoms with Crippen LogP contribution in [0.15, 0.2) is 0 Å². The highest BCUT2D eigenvalue weighted by atomic mass is 32.3. The fourth-order valence-corrected chi connectivity index (χ4v) is 4.40. The Bertz CT molecular complexity index is 985. The van der Waals surface area contributed by atoms with Crippen LogP contribution in [0.2, 0.25) is 0 Å². The van der Waals surface area contributed by atoms with Crippen LogP contribution in [0.5, 0.6) is 0 Å². The van der Waals surface area contributed by atoms with Crippen LogP contribution >= 0.6 is 0 Å². The standard InChI is InChI=1S/C14H23NO18S2/c1-3(17)15-5-9(8(32-34(23,24)25)4(2-16)29-13(5)22)30-14-11(33-35(26,27)28)7(19)6(18)10(31-14)12(20)21/h4-11,13-14,16,18-19,22H,2H2,1H3,(H,15,17)(H,20,21)(H,23,24,25)(H,26,27,28)/p-2/t4-,5-,6+,7+,8+,9-,10+,11-,13-,14-/m1/s1. The van der Waals surface area contributed by atoms with E-state index in [0.29, 0.717) is 0 Å². The van der Waals surface area contributed by atoms with E-state index >= 15 is 0 Å². The van der Waals surface area contributed by atoms with Crippen LogP contribution in [0.25, 0.3) is 0 Å². The highest BCUT2D eigenvalue weighted by Crippen LogP contribution is 2.32. The minimum atomic E-state index is -5.68. The number of hydrogen-bond donors (Lipinski definition) is 6. The van der Waals surface area contributed by atoms with Gasteiger partial charge in [0, 0.05) is 6.92 Å². The summed E-state index contributed by atoms with van der Waals surface area (Å²) in [5.41, 5.74) is 0. The summed E-state index contributed by atoms with van der Waals surface area (Å²) >= 11 is 0. The number of ether oxygens (including phenoxy) is 3. The SMILES string of the molecule is CC(=O)N[C@@H]1[C@@H](O[C@@H]2O[C@H](C(=O)O)[C@@H](O)[C@H](O)[C@H]2OS(=O)(=O)[O-])[C@@H](OS(=O)(=O)[O-])[C@@H](CO)O[C@H]1O. The van der Waals surface area contributed by atoms with E-state index < -0.39 is 101 Å². The molecule has 6 N–H and O–H groups in total. The first-order chi connectivity index (χ1) is 15.9. The Morgan fingerprint density at radius 3 is 1.94 bits per heavy atom. The van der Waals surface area contributed by atoms with Crippen molar-refractivity contribution in [1.29, 1.82) is 0 Å². The van der Waals surface area contributed by atoms with Gasteiger partial charge in [0.15, 0.2) is 24.8 Å². The highest BCUT2D eigenvalue weighted by molar-refractivity contribution is 7.81. The number of rotatable bonds is 9. The molecule has 2 aliphatic heterocycles. The Balaban J connectivity index is 2.55. The summed E-state index contributed by atoms with van der Waals surface area (Å²) in [4.78, 5) is 23.0. The van der Waals surface area contributed by atoms with Crippen molar-refractivity contribution in [2.24, 2.45) is 0 Å². The maximum Gasteiger partial charge on any atom is 0.335 e. The Kier molecular flexibility index (Phi) is 9.48. The maximum atomic E-state index is 11.6. The van der Waals surface area contributed by atoms with Gasteiger partial charge in [0.2, 0.25) is 26.7 Å². The van der Waals surface area contributed by atoms with Crippen LogP contribution < -0.4 is 5.32 Å². The summed E-state index contributed by atoms with van der Waals surface area (Å²) in [5.74, 6) is -2.82. The number of aliphatic hydroxyl groups is 4. The summed E-state index contributed by atoms with van der Waals surface area (Å²) in [6.07, 6.45) is -20.4. The zero-order chi connectivity index (χ0) is 26.9. The van der Waals surface area contributed by atoms with Crippen LogP contribution in [-0.4, -0.2) is 131 Å². The number of nitrogens with one attached hydrogen (secondary N) is 1. The lowest BCUT2D eigenvalue weighted by Gasteiger charge is -2.47. The minimum Gasteiger partial charge on any atom is -0.726 e. The number of amides is 1. The lowest BCUT2D eigenvalue weighted by Crippen LogP contribution is -2.68. The van der Waals surface area contributed by atoms with Crippen molar-refractivity contribution in [2.75, 3.05) is 6.61 Å². The van der Waals surface area contributed by atoms with Crippen molar-refractivity contribution in [1.82, 2.24) is 5.32 Å². The lowest BCUT2D eigenvalue weighted by atomic mass is 9.95. The number of carbonyl (C=O) groups excluding carboxylic acids is 1. The van der Waals surface area contributed by atoms with Crippen molar-refractivity contribution >= 4 is 32.7 Å². The molecule has 0 spiro atoms. The predicted molar refractivity (Wildman–Crippen MR) is 97.9 cm³/mol. The van der Waals surface area contributed by atoms with Crippen LogP contribution in [0.4, 0.5) is 0 Å². The van der Waals surface area contributed by atoms with Gasteiger partial charge in [-0.3, -0.25) is 13.2 Å². The number of aliphatic hydroxyl groups excluding tert-OH is 4. The molecule has 1 amide bonds. The maximum absolute atomic E-state index is 11.6. The van der Waals surface area contributed by atoms with E-state index in [2.05, 4.69) is 8.37 Å². The molecule has 0 aromatic rings. The minimum absolute atomic E-state index is 0.907. The van der Waals surface area contributed by atoms with E-state index in [1.807, 2.05) is 5.32 Å². The summed E-state index contributed by atoms with van der Waals surface area (Å²) in [6.45, 7) is -0.209. The van der Waals surface area contributed by atoms with Gasteiger partial charge in [-0.15, -0.1) is 0 Å². The summed E-state index contributed by atoms with van der Waals surface area (Å²) < 4.78 is 90.6. The van der Waals surface area contributed by atoms with E-state index in [4.69, 9.17) is 14.2 Å². The molecule has 0 aromatic carbocycles. The Morgan fingerprint density at radius 2 is 1.49 bits per heavy atom. The quantitative estimate of drug-likeness (QED) is 0.114. The van der Waals surface area contributed by atoms with Gasteiger partial charge in [0.25, 0.3) is 0 Å². The van der Waals surface area contributed by atoms with Gasteiger partial charge in [-0.25, -0.2) is 21.6 Å². The van der Waals surface area contributed by atoms with Crippen molar-refractivity contribution in [3.05, 3.63) is 0 Å². The van der Waals surface area contributed by atoms with Gasteiger partial charge < -0.3 is 54.2 Å². The fourth-order valence-electron chi connectivity index (χ4n) is 3.41. The van der Waals surface area contributed by atoms with Gasteiger partial charge in [-0.2, -0.15) is 0 Å². The van der Waals surface area contributed by atoms with E-state index in [1.54, 1.807) is 0 Å². The second-order valence-electron chi connectivity index (χ2n) is 7.26. The zero-order valence-corrected chi connectivity index (χ0v) is 19.0. The first kappa shape index (κ1) is 29.6. The summed E-state index contributed by atoms with van der Waals surface area (Å²) in [7, 11) is -11.3. The largest absolute Gasteiger partial charge is 0.726 e. The highest BCUT2D eigenvalue weighted by Gasteiger charge is 2.54. The van der Waals surface area contributed by atoms with Gasteiger partial charge in [-0.05, 0) is 0 Å². The van der Waals surface area contributed by atoms with Crippen LogP contribution in [0.3, 0.4) is 0 Å². The molecule has 0 unspecified atom stereocenters.